The summed E-state index contributed by atoms with van der Waals surface area (Å²) in [4.78, 5) is 22.3. The Morgan fingerprint density at radius 1 is 0.680 bits per heavy atom. The Morgan fingerprint density at radius 3 is 1.28 bits per heavy atom. The summed E-state index contributed by atoms with van der Waals surface area (Å²) in [5.74, 6) is 0.122. The second-order valence-corrected chi connectivity index (χ2v) is 6.01. The molecular weight excluding hydrogens is 364 g/mol. The van der Waals surface area contributed by atoms with E-state index in [-0.39, 0.29) is 28.6 Å². The standard InChI is InChI=1S/2C10H13NO.Cu/c2*1-8(2)11-7-9-5-3-4-6-10(9)12;/h2*3-8,11H,1-2H3;/b2*9-7-;. The maximum atomic E-state index is 11.2. The minimum atomic E-state index is 0. The monoisotopic (exact) mass is 389 g/mol. The van der Waals surface area contributed by atoms with Gasteiger partial charge in [0.2, 0.25) is 0 Å². The zero-order valence-corrected chi connectivity index (χ0v) is 16.0. The smallest absolute Gasteiger partial charge is 0.187 e. The van der Waals surface area contributed by atoms with Crippen LogP contribution in [0.1, 0.15) is 27.7 Å². The maximum Gasteiger partial charge on any atom is 0.187 e. The van der Waals surface area contributed by atoms with E-state index in [0.29, 0.717) is 23.2 Å². The fourth-order valence-corrected chi connectivity index (χ4v) is 1.71. The van der Waals surface area contributed by atoms with Crippen LogP contribution in [-0.4, -0.2) is 23.7 Å². The maximum absolute atomic E-state index is 11.2. The van der Waals surface area contributed by atoms with Gasteiger partial charge in [-0.3, -0.25) is 9.59 Å². The van der Waals surface area contributed by atoms with E-state index in [9.17, 15) is 9.59 Å². The van der Waals surface area contributed by atoms with Crippen LogP contribution in [0.3, 0.4) is 0 Å². The van der Waals surface area contributed by atoms with Gasteiger partial charge in [0.15, 0.2) is 11.6 Å². The van der Waals surface area contributed by atoms with Crippen LogP contribution in [0.5, 0.6) is 0 Å². The van der Waals surface area contributed by atoms with Gasteiger partial charge in [0, 0.05) is 52.7 Å². The first-order valence-electron chi connectivity index (χ1n) is 8.10. The van der Waals surface area contributed by atoms with Crippen LogP contribution in [0.2, 0.25) is 0 Å². The molecule has 0 aromatic carbocycles. The second-order valence-electron chi connectivity index (χ2n) is 6.01. The van der Waals surface area contributed by atoms with E-state index in [4.69, 9.17) is 0 Å². The normalized spacial score (nSPS) is 18.5. The molecule has 0 unspecified atom stereocenters. The molecule has 4 nitrogen and oxygen atoms in total. The molecule has 2 aliphatic carbocycles. The molecule has 139 valence electrons. The van der Waals surface area contributed by atoms with Crippen molar-refractivity contribution in [3.8, 4) is 0 Å². The molecule has 0 bridgehead atoms. The molecule has 0 aromatic heterocycles. The Hall–Kier alpha value is -2.10. The molecule has 1 radical (unpaired) electrons. The second kappa shape index (κ2) is 12.3. The van der Waals surface area contributed by atoms with Crippen molar-refractivity contribution in [2.75, 3.05) is 0 Å². The summed E-state index contributed by atoms with van der Waals surface area (Å²) in [7, 11) is 0. The molecular formula is C20H26CuN2O2. The van der Waals surface area contributed by atoms with Crippen LogP contribution in [0, 0.1) is 0 Å². The third-order valence-corrected chi connectivity index (χ3v) is 2.98. The molecule has 0 saturated heterocycles. The van der Waals surface area contributed by atoms with E-state index >= 15 is 0 Å². The molecule has 0 atom stereocenters. The molecule has 0 saturated carbocycles. The van der Waals surface area contributed by atoms with Gasteiger partial charge in [-0.15, -0.1) is 0 Å². The minimum absolute atomic E-state index is 0. The van der Waals surface area contributed by atoms with Crippen LogP contribution in [0.25, 0.3) is 0 Å². The molecule has 2 N–H and O–H groups in total. The quantitative estimate of drug-likeness (QED) is 0.573. The van der Waals surface area contributed by atoms with Crippen molar-refractivity contribution in [2.45, 2.75) is 39.8 Å². The number of allylic oxidation sites excluding steroid dienone is 10. The number of rotatable bonds is 4. The first-order chi connectivity index (χ1) is 11.4. The van der Waals surface area contributed by atoms with Crippen LogP contribution >= 0.6 is 0 Å². The fraction of sp³-hybridized carbons (Fsp3) is 0.300. The summed E-state index contributed by atoms with van der Waals surface area (Å²) in [6.45, 7) is 8.13. The van der Waals surface area contributed by atoms with Gasteiger partial charge in [-0.1, -0.05) is 24.3 Å². The average molecular weight is 390 g/mol. The number of carbonyl (C=O) groups is 2. The third-order valence-electron chi connectivity index (χ3n) is 2.98. The number of ketones is 2. The van der Waals surface area contributed by atoms with Crippen LogP contribution in [0.4, 0.5) is 0 Å². The van der Waals surface area contributed by atoms with Crippen molar-refractivity contribution in [3.63, 3.8) is 0 Å². The topological polar surface area (TPSA) is 58.2 Å². The predicted molar refractivity (Wildman–Crippen MR) is 99.3 cm³/mol. The first-order valence-corrected chi connectivity index (χ1v) is 8.10. The van der Waals surface area contributed by atoms with Crippen molar-refractivity contribution >= 4 is 11.6 Å². The van der Waals surface area contributed by atoms with E-state index in [1.54, 1.807) is 48.9 Å². The zero-order chi connectivity index (χ0) is 17.9. The van der Waals surface area contributed by atoms with Gasteiger partial charge in [-0.05, 0) is 52.0 Å². The Morgan fingerprint density at radius 2 is 1.00 bits per heavy atom. The summed E-state index contributed by atoms with van der Waals surface area (Å²) in [6.07, 6.45) is 17.5. The van der Waals surface area contributed by atoms with Gasteiger partial charge < -0.3 is 10.6 Å². The van der Waals surface area contributed by atoms with Crippen LogP contribution in [-0.2, 0) is 26.7 Å². The van der Waals surface area contributed by atoms with Crippen molar-refractivity contribution in [2.24, 2.45) is 0 Å². The SMILES string of the molecule is CC(C)N/C=C1/C=CC=CC1=O.CC(C)N/C=C1/C=CC=CC1=O.[Cu]. The van der Waals surface area contributed by atoms with Crippen molar-refractivity contribution in [3.05, 3.63) is 72.2 Å². The van der Waals surface area contributed by atoms with Gasteiger partial charge in [-0.25, -0.2) is 0 Å². The van der Waals surface area contributed by atoms with Crippen LogP contribution < -0.4 is 10.6 Å². The molecule has 2 aliphatic rings. The Kier molecular flexibility index (Phi) is 11.3. The third kappa shape index (κ3) is 9.70. The number of nitrogens with one attached hydrogen (secondary N) is 2. The molecule has 2 rings (SSSR count). The largest absolute Gasteiger partial charge is 0.388 e. The Bertz CT molecular complexity index is 580. The number of carbonyl (C=O) groups excluding carboxylic acids is 2. The van der Waals surface area contributed by atoms with Crippen molar-refractivity contribution in [1.29, 1.82) is 0 Å². The number of hydrogen-bond acceptors (Lipinski definition) is 4. The average Bonchev–Trinajstić information content (AvgIpc) is 2.54. The molecule has 5 heteroatoms. The molecule has 0 fully saturated rings. The zero-order valence-electron chi connectivity index (χ0n) is 15.0. The molecule has 0 amide bonds. The summed E-state index contributed by atoms with van der Waals surface area (Å²) >= 11 is 0. The Balaban J connectivity index is 0.000000443. The summed E-state index contributed by atoms with van der Waals surface area (Å²) < 4.78 is 0. The number of hydrogen-bond donors (Lipinski definition) is 2. The summed E-state index contributed by atoms with van der Waals surface area (Å²) in [5, 5.41) is 6.16. The van der Waals surface area contributed by atoms with E-state index in [2.05, 4.69) is 10.6 Å². The van der Waals surface area contributed by atoms with Gasteiger partial charge in [-0.2, -0.15) is 0 Å². The predicted octanol–water partition coefficient (Wildman–Crippen LogP) is 3.12. The van der Waals surface area contributed by atoms with E-state index < -0.39 is 0 Å². The first kappa shape index (κ1) is 22.9. The molecule has 0 aliphatic heterocycles. The summed E-state index contributed by atoms with van der Waals surface area (Å²) in [6, 6.07) is 0.731. The fourth-order valence-electron chi connectivity index (χ4n) is 1.71. The molecule has 0 spiro atoms. The summed E-state index contributed by atoms with van der Waals surface area (Å²) in [5.41, 5.74) is 1.43. The molecule has 0 aromatic rings. The minimum Gasteiger partial charge on any atom is -0.388 e. The Labute approximate surface area is 161 Å². The van der Waals surface area contributed by atoms with Gasteiger partial charge in [0.1, 0.15) is 0 Å². The molecule has 0 heterocycles. The van der Waals surface area contributed by atoms with Gasteiger partial charge in [0.05, 0.1) is 0 Å². The molecule has 25 heavy (non-hydrogen) atoms. The van der Waals surface area contributed by atoms with Gasteiger partial charge in [0.25, 0.3) is 0 Å². The van der Waals surface area contributed by atoms with Crippen molar-refractivity contribution < 1.29 is 26.7 Å². The van der Waals surface area contributed by atoms with Crippen molar-refractivity contribution in [1.82, 2.24) is 10.6 Å². The van der Waals surface area contributed by atoms with E-state index in [1.165, 1.54) is 0 Å². The van der Waals surface area contributed by atoms with Gasteiger partial charge >= 0.3 is 0 Å². The van der Waals surface area contributed by atoms with Crippen LogP contribution in [0.15, 0.2) is 72.2 Å². The van der Waals surface area contributed by atoms with E-state index in [1.807, 2.05) is 39.8 Å². The van der Waals surface area contributed by atoms with E-state index in [0.717, 1.165) is 0 Å².